The maximum absolute atomic E-state index is 12.5. The third-order valence-electron chi connectivity index (χ3n) is 5.27. The van der Waals surface area contributed by atoms with Crippen molar-refractivity contribution in [2.24, 2.45) is 0 Å². The van der Waals surface area contributed by atoms with Crippen molar-refractivity contribution >= 4 is 35.0 Å². The second-order valence-corrected chi connectivity index (χ2v) is 8.34. The first-order chi connectivity index (χ1) is 15.1. The first-order valence-electron chi connectivity index (χ1n) is 10.4. The number of thioether (sulfide) groups is 1. The summed E-state index contributed by atoms with van der Waals surface area (Å²) in [5, 5.41) is 12.3. The van der Waals surface area contributed by atoms with Crippen LogP contribution in [0, 0.1) is 6.92 Å². The van der Waals surface area contributed by atoms with Crippen LogP contribution < -0.4 is 10.2 Å². The summed E-state index contributed by atoms with van der Waals surface area (Å²) < 4.78 is 2.03. The Kier molecular flexibility index (Phi) is 6.36. The summed E-state index contributed by atoms with van der Waals surface area (Å²) in [5.74, 6) is 1.03. The van der Waals surface area contributed by atoms with Crippen molar-refractivity contribution in [3.63, 3.8) is 0 Å². The smallest absolute Gasteiger partial charge is 0.234 e. The number of aryl methyl sites for hydroxylation is 1. The molecule has 2 aromatic carbocycles. The maximum atomic E-state index is 12.5. The highest BCUT2D eigenvalue weighted by Gasteiger charge is 2.22. The summed E-state index contributed by atoms with van der Waals surface area (Å²) in [6.45, 7) is 5.53. The molecule has 0 atom stereocenters. The molecule has 1 fully saturated rings. The Balaban J connectivity index is 1.42. The van der Waals surface area contributed by atoms with Gasteiger partial charge >= 0.3 is 0 Å². The van der Waals surface area contributed by atoms with Gasteiger partial charge in [-0.05, 0) is 44.0 Å². The summed E-state index contributed by atoms with van der Waals surface area (Å²) >= 11 is 1.36. The van der Waals surface area contributed by atoms with Crippen LogP contribution in [0.5, 0.6) is 0 Å². The van der Waals surface area contributed by atoms with Gasteiger partial charge in [0.15, 0.2) is 11.0 Å². The standard InChI is InChI=1S/C23H25N5O2S/c1-3-27-22(19-11-5-4-8-16(19)2)25-26-23(27)31-15-20(29)24-17-9-6-10-18(14-17)28-13-7-12-21(28)30/h4-6,8-11,14H,3,7,12-13,15H2,1-2H3,(H,24,29). The number of nitrogens with one attached hydrogen (secondary N) is 1. The van der Waals surface area contributed by atoms with E-state index in [9.17, 15) is 9.59 Å². The monoisotopic (exact) mass is 435 g/mol. The van der Waals surface area contributed by atoms with Gasteiger partial charge in [0.05, 0.1) is 5.75 Å². The molecule has 4 rings (SSSR count). The van der Waals surface area contributed by atoms with Crippen LogP contribution in [0.1, 0.15) is 25.3 Å². The summed E-state index contributed by atoms with van der Waals surface area (Å²) in [5.41, 5.74) is 3.68. The number of nitrogens with zero attached hydrogens (tertiary/aromatic N) is 4. The molecule has 0 radical (unpaired) electrons. The molecule has 0 saturated carbocycles. The van der Waals surface area contributed by atoms with E-state index in [2.05, 4.69) is 15.5 Å². The number of carbonyl (C=O) groups excluding carboxylic acids is 2. The molecule has 3 aromatic rings. The van der Waals surface area contributed by atoms with Crippen LogP contribution in [0.25, 0.3) is 11.4 Å². The Morgan fingerprint density at radius 1 is 1.16 bits per heavy atom. The van der Waals surface area contributed by atoms with Gasteiger partial charge in [-0.15, -0.1) is 10.2 Å². The van der Waals surface area contributed by atoms with Crippen LogP contribution in [0.4, 0.5) is 11.4 Å². The zero-order valence-electron chi connectivity index (χ0n) is 17.7. The number of carbonyl (C=O) groups is 2. The number of aromatic nitrogens is 3. The number of hydrogen-bond donors (Lipinski definition) is 1. The van der Waals surface area contributed by atoms with Crippen LogP contribution in [0.3, 0.4) is 0 Å². The molecule has 1 N–H and O–H groups in total. The second-order valence-electron chi connectivity index (χ2n) is 7.40. The summed E-state index contributed by atoms with van der Waals surface area (Å²) in [7, 11) is 0. The minimum atomic E-state index is -0.127. The largest absolute Gasteiger partial charge is 0.325 e. The van der Waals surface area contributed by atoms with Gasteiger partial charge < -0.3 is 14.8 Å². The average molecular weight is 436 g/mol. The van der Waals surface area contributed by atoms with E-state index in [-0.39, 0.29) is 17.6 Å². The maximum Gasteiger partial charge on any atom is 0.234 e. The second kappa shape index (κ2) is 9.34. The molecule has 2 heterocycles. The van der Waals surface area contributed by atoms with Crippen molar-refractivity contribution < 1.29 is 9.59 Å². The SMILES string of the molecule is CCn1c(SCC(=O)Nc2cccc(N3CCCC3=O)c2)nnc1-c1ccccc1C. The number of anilines is 2. The lowest BCUT2D eigenvalue weighted by Crippen LogP contribution is -2.23. The third kappa shape index (κ3) is 4.64. The van der Waals surface area contributed by atoms with Crippen molar-refractivity contribution in [1.82, 2.24) is 14.8 Å². The van der Waals surface area contributed by atoms with E-state index in [0.717, 1.165) is 35.6 Å². The molecule has 1 aliphatic heterocycles. The Morgan fingerprint density at radius 3 is 2.74 bits per heavy atom. The van der Waals surface area contributed by atoms with Gasteiger partial charge in [0.2, 0.25) is 11.8 Å². The van der Waals surface area contributed by atoms with Crippen molar-refractivity contribution in [2.45, 2.75) is 38.4 Å². The van der Waals surface area contributed by atoms with Crippen molar-refractivity contribution in [2.75, 3.05) is 22.5 Å². The average Bonchev–Trinajstić information content (AvgIpc) is 3.38. The van der Waals surface area contributed by atoms with Gasteiger partial charge in [-0.25, -0.2) is 0 Å². The molecule has 1 aromatic heterocycles. The fourth-order valence-corrected chi connectivity index (χ4v) is 4.51. The minimum Gasteiger partial charge on any atom is -0.325 e. The lowest BCUT2D eigenvalue weighted by molar-refractivity contribution is -0.117. The lowest BCUT2D eigenvalue weighted by atomic mass is 10.1. The molecular formula is C23H25N5O2S. The highest BCUT2D eigenvalue weighted by molar-refractivity contribution is 7.99. The number of amides is 2. The fourth-order valence-electron chi connectivity index (χ4n) is 3.70. The highest BCUT2D eigenvalue weighted by atomic mass is 32.2. The molecule has 160 valence electrons. The molecule has 31 heavy (non-hydrogen) atoms. The third-order valence-corrected chi connectivity index (χ3v) is 6.23. The normalized spacial score (nSPS) is 13.6. The van der Waals surface area contributed by atoms with Crippen molar-refractivity contribution in [1.29, 1.82) is 0 Å². The fraction of sp³-hybridized carbons (Fsp3) is 0.304. The summed E-state index contributed by atoms with van der Waals surface area (Å²) in [4.78, 5) is 26.3. The molecule has 1 saturated heterocycles. The Hall–Kier alpha value is -3.13. The molecule has 0 spiro atoms. The van der Waals surface area contributed by atoms with E-state index in [1.54, 1.807) is 4.90 Å². The minimum absolute atomic E-state index is 0.127. The molecule has 0 unspecified atom stereocenters. The van der Waals surface area contributed by atoms with Gasteiger partial charge in [-0.1, -0.05) is 42.1 Å². The topological polar surface area (TPSA) is 80.1 Å². The van der Waals surface area contributed by atoms with Gasteiger partial charge in [0.1, 0.15) is 0 Å². The molecule has 8 heteroatoms. The molecule has 2 amide bonds. The van der Waals surface area contributed by atoms with Crippen molar-refractivity contribution in [3.8, 4) is 11.4 Å². The van der Waals surface area contributed by atoms with Crippen molar-refractivity contribution in [3.05, 3.63) is 54.1 Å². The first kappa shape index (κ1) is 21.1. The van der Waals surface area contributed by atoms with E-state index in [4.69, 9.17) is 0 Å². The summed E-state index contributed by atoms with van der Waals surface area (Å²) in [6.07, 6.45) is 1.45. The van der Waals surface area contributed by atoms with Crippen LogP contribution >= 0.6 is 11.8 Å². The van der Waals surface area contributed by atoms with E-state index in [0.29, 0.717) is 23.8 Å². The van der Waals surface area contributed by atoms with Gasteiger partial charge in [-0.2, -0.15) is 0 Å². The number of rotatable bonds is 7. The summed E-state index contributed by atoms with van der Waals surface area (Å²) in [6, 6.07) is 15.5. The Bertz CT molecular complexity index is 1110. The zero-order chi connectivity index (χ0) is 21.8. The van der Waals surface area contributed by atoms with Crippen LogP contribution in [-0.4, -0.2) is 38.9 Å². The molecular weight excluding hydrogens is 410 g/mol. The number of hydrogen-bond acceptors (Lipinski definition) is 5. The van der Waals surface area contributed by atoms with Crippen LogP contribution in [0.2, 0.25) is 0 Å². The zero-order valence-corrected chi connectivity index (χ0v) is 18.5. The van der Waals surface area contributed by atoms with E-state index < -0.39 is 0 Å². The first-order valence-corrected chi connectivity index (χ1v) is 11.4. The lowest BCUT2D eigenvalue weighted by Gasteiger charge is -2.16. The molecule has 0 bridgehead atoms. The van der Waals surface area contributed by atoms with Gasteiger partial charge in [-0.3, -0.25) is 9.59 Å². The highest BCUT2D eigenvalue weighted by Crippen LogP contribution is 2.27. The Labute approximate surface area is 185 Å². The number of benzene rings is 2. The van der Waals surface area contributed by atoms with Gasteiger partial charge in [0, 0.05) is 36.4 Å². The Morgan fingerprint density at radius 2 is 2.00 bits per heavy atom. The predicted octanol–water partition coefficient (Wildman–Crippen LogP) is 4.13. The molecule has 1 aliphatic rings. The quantitative estimate of drug-likeness (QED) is 0.565. The predicted molar refractivity (Wildman–Crippen MR) is 123 cm³/mol. The van der Waals surface area contributed by atoms with E-state index in [1.165, 1.54) is 11.8 Å². The van der Waals surface area contributed by atoms with Crippen LogP contribution in [0.15, 0.2) is 53.7 Å². The molecule has 7 nitrogen and oxygen atoms in total. The van der Waals surface area contributed by atoms with E-state index >= 15 is 0 Å². The van der Waals surface area contributed by atoms with Gasteiger partial charge in [0.25, 0.3) is 0 Å². The van der Waals surface area contributed by atoms with E-state index in [1.807, 2.05) is 66.9 Å². The van der Waals surface area contributed by atoms with Crippen LogP contribution in [-0.2, 0) is 16.1 Å². The molecule has 0 aliphatic carbocycles.